The molecule has 1 aromatic carbocycles. The van der Waals surface area contributed by atoms with Gasteiger partial charge in [0.25, 0.3) is 0 Å². The predicted octanol–water partition coefficient (Wildman–Crippen LogP) is 4.56. The van der Waals surface area contributed by atoms with E-state index >= 15 is 0 Å². The molecule has 0 bridgehead atoms. The Hall–Kier alpha value is -2.12. The van der Waals surface area contributed by atoms with Crippen LogP contribution in [0.3, 0.4) is 0 Å². The highest BCUT2D eigenvalue weighted by molar-refractivity contribution is 6.34. The Morgan fingerprint density at radius 2 is 1.89 bits per heavy atom. The summed E-state index contributed by atoms with van der Waals surface area (Å²) in [5.74, 6) is 1.09. The van der Waals surface area contributed by atoms with Gasteiger partial charge in [0.15, 0.2) is 0 Å². The van der Waals surface area contributed by atoms with Gasteiger partial charge in [0.1, 0.15) is 28.6 Å². The summed E-state index contributed by atoms with van der Waals surface area (Å²) in [7, 11) is 1.58. The highest BCUT2D eigenvalue weighted by Crippen LogP contribution is 2.35. The Kier molecular flexibility index (Phi) is 5.95. The number of methoxy groups -OCH3 is 1. The Morgan fingerprint density at radius 3 is 2.54 bits per heavy atom. The predicted molar refractivity (Wildman–Crippen MR) is 107 cm³/mol. The smallest absolute Gasteiger partial charge is 0.497 e. The van der Waals surface area contributed by atoms with Crippen molar-refractivity contribution in [2.24, 2.45) is 0 Å². The molecular weight excluding hydrogens is 382 g/mol. The Bertz CT molecular complexity index is 860. The van der Waals surface area contributed by atoms with Crippen molar-refractivity contribution in [3.8, 4) is 11.5 Å². The second kappa shape index (κ2) is 8.09. The average Bonchev–Trinajstić information content (AvgIpc) is 2.65. The number of fused-ring (bicyclic) bond motifs is 1. The van der Waals surface area contributed by atoms with Gasteiger partial charge in [-0.25, -0.2) is 9.97 Å². The normalized spacial score (nSPS) is 16.6. The van der Waals surface area contributed by atoms with Crippen LogP contribution in [0.15, 0.2) is 18.5 Å². The van der Waals surface area contributed by atoms with Crippen LogP contribution in [0.2, 0.25) is 5.15 Å². The molecule has 152 valence electrons. The summed E-state index contributed by atoms with van der Waals surface area (Å²) in [6.45, 7) is 7.14. The van der Waals surface area contributed by atoms with Crippen molar-refractivity contribution in [1.29, 1.82) is 0 Å². The van der Waals surface area contributed by atoms with Crippen LogP contribution in [0, 0.1) is 0 Å². The number of quaternary nitrogens is 1. The molecule has 0 radical (unpaired) electrons. The van der Waals surface area contributed by atoms with Gasteiger partial charge in [-0.15, -0.1) is 0 Å². The third kappa shape index (κ3) is 4.47. The first-order chi connectivity index (χ1) is 13.2. The number of likely N-dealkylation sites (tertiary alicyclic amines) is 1. The largest absolute Gasteiger partial charge is 0.519 e. The maximum atomic E-state index is 13.0. The van der Waals surface area contributed by atoms with Crippen LogP contribution in [-0.2, 0) is 4.74 Å². The Labute approximate surface area is 170 Å². The SMILES string of the molecule is COc1cc(OC[N+]2(C(=O)OC(C)(C)C)CCCCC2)c2c(Cl)ncnc2c1. The summed E-state index contributed by atoms with van der Waals surface area (Å²) in [4.78, 5) is 21.3. The number of halogens is 1. The zero-order chi connectivity index (χ0) is 20.4. The van der Waals surface area contributed by atoms with Gasteiger partial charge in [-0.2, -0.15) is 9.28 Å². The van der Waals surface area contributed by atoms with Gasteiger partial charge in [-0.1, -0.05) is 11.6 Å². The van der Waals surface area contributed by atoms with Gasteiger partial charge in [-0.3, -0.25) is 0 Å². The molecule has 1 aromatic heterocycles. The van der Waals surface area contributed by atoms with Gasteiger partial charge in [0, 0.05) is 12.1 Å². The van der Waals surface area contributed by atoms with E-state index < -0.39 is 5.60 Å². The number of carbonyl (C=O) groups is 1. The summed E-state index contributed by atoms with van der Waals surface area (Å²) in [6, 6.07) is 3.52. The number of hydrogen-bond acceptors (Lipinski definition) is 6. The van der Waals surface area contributed by atoms with Crippen LogP contribution in [0.5, 0.6) is 11.5 Å². The molecule has 1 fully saturated rings. The van der Waals surface area contributed by atoms with E-state index in [2.05, 4.69) is 9.97 Å². The Balaban J connectivity index is 1.92. The third-order valence-electron chi connectivity index (χ3n) is 4.79. The molecule has 7 nitrogen and oxygen atoms in total. The summed E-state index contributed by atoms with van der Waals surface area (Å²) in [5.41, 5.74) is 0.0661. The molecular formula is C20H27ClN3O4+. The highest BCUT2D eigenvalue weighted by atomic mass is 35.5. The lowest BCUT2D eigenvalue weighted by molar-refractivity contribution is -0.879. The molecule has 0 spiro atoms. The van der Waals surface area contributed by atoms with Crippen molar-refractivity contribution in [3.05, 3.63) is 23.6 Å². The topological polar surface area (TPSA) is 70.5 Å². The number of ether oxygens (including phenoxy) is 3. The number of piperidine rings is 1. The van der Waals surface area contributed by atoms with E-state index in [4.69, 9.17) is 25.8 Å². The fraction of sp³-hybridized carbons (Fsp3) is 0.550. The van der Waals surface area contributed by atoms with Crippen molar-refractivity contribution in [2.75, 3.05) is 26.9 Å². The maximum Gasteiger partial charge on any atom is 0.519 e. The summed E-state index contributed by atoms with van der Waals surface area (Å²) < 4.78 is 17.3. The third-order valence-corrected chi connectivity index (χ3v) is 5.07. The lowest BCUT2D eigenvalue weighted by atomic mass is 10.1. The molecule has 2 aromatic rings. The number of amides is 1. The molecule has 2 heterocycles. The fourth-order valence-corrected chi connectivity index (χ4v) is 3.59. The molecule has 28 heavy (non-hydrogen) atoms. The van der Waals surface area contributed by atoms with Crippen molar-refractivity contribution in [3.63, 3.8) is 0 Å². The minimum atomic E-state index is -0.556. The quantitative estimate of drug-likeness (QED) is 0.545. The molecule has 0 unspecified atom stereocenters. The average molecular weight is 409 g/mol. The van der Waals surface area contributed by atoms with Crippen molar-refractivity contribution in [2.45, 2.75) is 45.6 Å². The maximum absolute atomic E-state index is 13.0. The minimum Gasteiger partial charge on any atom is -0.497 e. The van der Waals surface area contributed by atoms with Gasteiger partial charge < -0.3 is 14.2 Å². The molecule has 0 saturated carbocycles. The van der Waals surface area contributed by atoms with Crippen LogP contribution >= 0.6 is 11.6 Å². The number of carbonyl (C=O) groups excluding carboxylic acids is 1. The number of benzene rings is 1. The lowest BCUT2D eigenvalue weighted by Gasteiger charge is -2.38. The van der Waals surface area contributed by atoms with Gasteiger partial charge in [-0.05, 0) is 40.0 Å². The molecule has 1 saturated heterocycles. The molecule has 3 rings (SSSR count). The molecule has 1 aliphatic rings. The lowest BCUT2D eigenvalue weighted by Crippen LogP contribution is -2.59. The minimum absolute atomic E-state index is 0.126. The van der Waals surface area contributed by atoms with Gasteiger partial charge in [0.05, 0.1) is 31.1 Å². The van der Waals surface area contributed by atoms with Crippen LogP contribution in [0.4, 0.5) is 4.79 Å². The van der Waals surface area contributed by atoms with E-state index in [-0.39, 0.29) is 17.3 Å². The fourth-order valence-electron chi connectivity index (χ4n) is 3.36. The first-order valence-electron chi connectivity index (χ1n) is 9.45. The van der Waals surface area contributed by atoms with Crippen molar-refractivity contribution >= 4 is 28.6 Å². The van der Waals surface area contributed by atoms with E-state index in [1.54, 1.807) is 19.2 Å². The Morgan fingerprint density at radius 1 is 1.18 bits per heavy atom. The van der Waals surface area contributed by atoms with E-state index in [1.807, 2.05) is 20.8 Å². The number of aromatic nitrogens is 2. The van der Waals surface area contributed by atoms with Crippen LogP contribution in [-0.4, -0.2) is 53.1 Å². The van der Waals surface area contributed by atoms with E-state index in [1.165, 1.54) is 6.33 Å². The standard InChI is InChI=1S/C20H27ClN3O4/c1-20(2,3)28-19(25)24(8-6-5-7-9-24)13-27-16-11-14(26-4)10-15-17(16)18(21)23-12-22-15/h10-12H,5-9,13H2,1-4H3/q+1. The summed E-state index contributed by atoms with van der Waals surface area (Å²) in [6.07, 6.45) is 4.14. The molecule has 1 aliphatic heterocycles. The van der Waals surface area contributed by atoms with Gasteiger partial charge in [0.2, 0.25) is 6.73 Å². The van der Waals surface area contributed by atoms with Crippen LogP contribution in [0.25, 0.3) is 10.9 Å². The van der Waals surface area contributed by atoms with Crippen LogP contribution in [0.1, 0.15) is 40.0 Å². The molecule has 0 N–H and O–H groups in total. The molecule has 0 aliphatic carbocycles. The van der Waals surface area contributed by atoms with E-state index in [0.29, 0.717) is 40.6 Å². The first-order valence-corrected chi connectivity index (χ1v) is 9.83. The highest BCUT2D eigenvalue weighted by Gasteiger charge is 2.43. The van der Waals surface area contributed by atoms with E-state index in [9.17, 15) is 4.79 Å². The molecule has 0 atom stereocenters. The number of nitrogens with zero attached hydrogens (tertiary/aromatic N) is 3. The summed E-state index contributed by atoms with van der Waals surface area (Å²) in [5, 5.41) is 0.898. The van der Waals surface area contributed by atoms with E-state index in [0.717, 1.165) is 19.3 Å². The summed E-state index contributed by atoms with van der Waals surface area (Å²) >= 11 is 6.29. The zero-order valence-electron chi connectivity index (χ0n) is 16.8. The second-order valence-electron chi connectivity index (χ2n) is 8.09. The number of rotatable bonds is 4. The number of hydrogen-bond donors (Lipinski definition) is 0. The molecule has 1 amide bonds. The van der Waals surface area contributed by atoms with Crippen molar-refractivity contribution < 1.29 is 23.5 Å². The molecule has 8 heteroatoms. The van der Waals surface area contributed by atoms with Gasteiger partial charge >= 0.3 is 6.09 Å². The second-order valence-corrected chi connectivity index (χ2v) is 8.45. The first kappa shape index (κ1) is 20.6. The monoisotopic (exact) mass is 408 g/mol. The zero-order valence-corrected chi connectivity index (χ0v) is 17.6. The van der Waals surface area contributed by atoms with Crippen LogP contribution < -0.4 is 9.47 Å². The van der Waals surface area contributed by atoms with Crippen molar-refractivity contribution in [1.82, 2.24) is 9.97 Å².